The van der Waals surface area contributed by atoms with Crippen LogP contribution in [-0.2, 0) is 0 Å². The maximum atomic E-state index is 3.13. The Bertz CT molecular complexity index is 143. The lowest BCUT2D eigenvalue weighted by Gasteiger charge is -2.28. The molecule has 0 heterocycles. The molecule has 0 N–H and O–H groups in total. The van der Waals surface area contributed by atoms with Crippen molar-refractivity contribution in [3.8, 4) is 0 Å². The molecule has 15 heavy (non-hydrogen) atoms. The number of rotatable bonds is 9. The molecule has 0 aliphatic carbocycles. The van der Waals surface area contributed by atoms with Crippen LogP contribution < -0.4 is 0 Å². The lowest BCUT2D eigenvalue weighted by Crippen LogP contribution is -1.94. The van der Waals surface area contributed by atoms with E-state index < -0.39 is 0 Å². The van der Waals surface area contributed by atoms with Crippen LogP contribution in [0.15, 0.2) is 0 Å². The Hall–Kier alpha value is 3.01. The molecule has 0 radical (unpaired) electrons. The van der Waals surface area contributed by atoms with Crippen LogP contribution in [0.25, 0.3) is 0 Å². The van der Waals surface area contributed by atoms with Gasteiger partial charge in [0.1, 0.15) is 0 Å². The molecule has 0 bridgehead atoms. The molecule has 0 aromatic heterocycles. The zero-order chi connectivity index (χ0) is 11.7. The summed E-state index contributed by atoms with van der Waals surface area (Å²) in [6.45, 7) is 5.03. The summed E-state index contributed by atoms with van der Waals surface area (Å²) in [5.41, 5.74) is 0.990. The SMILES string of the molecule is CCCCCCC(C)P(PP)P(P)PP. The summed E-state index contributed by atoms with van der Waals surface area (Å²) in [6, 6.07) is 0. The monoisotopic (exact) mass is 338 g/mol. The molecule has 0 rings (SSSR count). The van der Waals surface area contributed by atoms with Crippen LogP contribution in [0, 0.1) is 0 Å². The van der Waals surface area contributed by atoms with Crippen LogP contribution in [0.2, 0.25) is 0 Å². The third-order valence-electron chi connectivity index (χ3n) is 2.39. The molecular weight excluding hydrogens is 313 g/mol. The minimum absolute atomic E-state index is 0.258. The zero-order valence-corrected chi connectivity index (χ0v) is 17.0. The van der Waals surface area contributed by atoms with Crippen molar-refractivity contribution in [2.45, 2.75) is 51.6 Å². The average Bonchev–Trinajstić information content (AvgIpc) is 2.25. The van der Waals surface area contributed by atoms with Gasteiger partial charge >= 0.3 is 0 Å². The third-order valence-corrected chi connectivity index (χ3v) is 35.0. The molecule has 0 aromatic carbocycles. The molecule has 0 saturated heterocycles. The first-order valence-electron chi connectivity index (χ1n) is 5.43. The summed E-state index contributed by atoms with van der Waals surface area (Å²) in [4.78, 5) is 0. The molecule has 0 saturated carbocycles. The fourth-order valence-corrected chi connectivity index (χ4v) is 36.1. The highest BCUT2D eigenvalue weighted by Gasteiger charge is 2.20. The van der Waals surface area contributed by atoms with Crippen LogP contribution in [0.3, 0.4) is 0 Å². The quantitative estimate of drug-likeness (QED) is 0.321. The van der Waals surface area contributed by atoms with Crippen molar-refractivity contribution in [1.82, 2.24) is 0 Å². The van der Waals surface area contributed by atoms with Gasteiger partial charge in [0.15, 0.2) is 0 Å². The first-order valence-corrected chi connectivity index (χ1v) is 17.8. The highest BCUT2D eigenvalue weighted by Crippen LogP contribution is 2.94. The summed E-state index contributed by atoms with van der Waals surface area (Å²) in [5, 5.41) is 0. The smallest absolute Gasteiger partial charge is 0.0154 e. The maximum absolute atomic E-state index is 3.13. The fraction of sp³-hybridized carbons (Fsp3) is 1.00. The maximum Gasteiger partial charge on any atom is -0.0154 e. The fourth-order valence-electron chi connectivity index (χ4n) is 1.45. The lowest BCUT2D eigenvalue weighted by atomic mass is 10.1. The second kappa shape index (κ2) is 12.1. The Balaban J connectivity index is 3.77. The summed E-state index contributed by atoms with van der Waals surface area (Å²) in [7, 11) is 11.6. The minimum Gasteiger partial charge on any atom is -0.110 e. The van der Waals surface area contributed by atoms with Crippen LogP contribution in [0.4, 0.5) is 0 Å². The molecule has 0 amide bonds. The van der Waals surface area contributed by atoms with Crippen molar-refractivity contribution in [2.24, 2.45) is 0 Å². The first kappa shape index (κ1) is 18.0. The highest BCUT2D eigenvalue weighted by molar-refractivity contribution is 8.93. The number of unbranched alkanes of at least 4 members (excludes halogenated alkanes) is 3. The normalized spacial score (nSPS) is 19.0. The van der Waals surface area contributed by atoms with Gasteiger partial charge in [-0.15, -0.1) is 26.8 Å². The van der Waals surface area contributed by atoms with E-state index in [2.05, 4.69) is 40.6 Å². The molecule has 7 heteroatoms. The standard InChI is InChI=1S/C8H25P7/c1-3-4-5-6-7-8(2)14(12-9)15(11)13-10/h8,12-13H,3-7,9-11H2,1-2H3. The molecule has 92 valence electrons. The van der Waals surface area contributed by atoms with Crippen LogP contribution >= 0.6 is 57.0 Å². The van der Waals surface area contributed by atoms with Gasteiger partial charge in [-0.1, -0.05) is 55.4 Å². The van der Waals surface area contributed by atoms with Gasteiger partial charge in [0.25, 0.3) is 0 Å². The molecule has 0 spiro atoms. The molecule has 8 unspecified atom stereocenters. The Labute approximate surface area is 108 Å². The number of hydrogen-bond acceptors (Lipinski definition) is 0. The van der Waals surface area contributed by atoms with Crippen LogP contribution in [-0.4, -0.2) is 5.66 Å². The van der Waals surface area contributed by atoms with Crippen molar-refractivity contribution in [2.75, 3.05) is 0 Å². The second-order valence-electron chi connectivity index (χ2n) is 3.65. The van der Waals surface area contributed by atoms with Crippen LogP contribution in [0.5, 0.6) is 0 Å². The predicted molar refractivity (Wildman–Crippen MR) is 97.8 cm³/mol. The van der Waals surface area contributed by atoms with Gasteiger partial charge in [-0.3, -0.25) is 0 Å². The summed E-state index contributed by atoms with van der Waals surface area (Å²) in [6.07, 6.45) is 7.15. The molecular formula is C8H25P7. The third kappa shape index (κ3) is 8.68. The highest BCUT2D eigenvalue weighted by atomic mass is 33.0. The van der Waals surface area contributed by atoms with E-state index in [1.54, 1.807) is 0 Å². The predicted octanol–water partition coefficient (Wildman–Crippen LogP) is 6.78. The van der Waals surface area contributed by atoms with E-state index in [0.717, 1.165) is 21.6 Å². The second-order valence-corrected chi connectivity index (χ2v) is 24.8. The van der Waals surface area contributed by atoms with E-state index in [4.69, 9.17) is 0 Å². The lowest BCUT2D eigenvalue weighted by molar-refractivity contribution is 0.630. The molecule has 8 atom stereocenters. The van der Waals surface area contributed by atoms with Crippen molar-refractivity contribution in [3.05, 3.63) is 0 Å². The van der Waals surface area contributed by atoms with E-state index in [-0.39, 0.29) is 6.99 Å². The molecule has 0 fully saturated rings. The Morgan fingerprint density at radius 1 is 1.13 bits per heavy atom. The summed E-state index contributed by atoms with van der Waals surface area (Å²) < 4.78 is 0. The van der Waals surface area contributed by atoms with Gasteiger partial charge in [-0.2, -0.15) is 0 Å². The summed E-state index contributed by atoms with van der Waals surface area (Å²) in [5.74, 6) is 0. The van der Waals surface area contributed by atoms with Gasteiger partial charge < -0.3 is 0 Å². The van der Waals surface area contributed by atoms with Crippen LogP contribution in [0.1, 0.15) is 46.0 Å². The topological polar surface area (TPSA) is 0 Å². The largest absolute Gasteiger partial charge is 0.110 e. The molecule has 0 aliphatic heterocycles. The summed E-state index contributed by atoms with van der Waals surface area (Å²) >= 11 is 0. The average molecular weight is 338 g/mol. The van der Waals surface area contributed by atoms with Gasteiger partial charge in [-0.05, 0) is 26.4 Å². The van der Waals surface area contributed by atoms with E-state index >= 15 is 0 Å². The van der Waals surface area contributed by atoms with E-state index in [1.807, 2.05) is 0 Å². The van der Waals surface area contributed by atoms with Gasteiger partial charge in [0, 0.05) is 0 Å². The first-order chi connectivity index (χ1) is 7.17. The van der Waals surface area contributed by atoms with Crippen molar-refractivity contribution in [1.29, 1.82) is 0 Å². The molecule has 0 aromatic rings. The Kier molecular flexibility index (Phi) is 14.5. The Morgan fingerprint density at radius 2 is 1.80 bits per heavy atom. The van der Waals surface area contributed by atoms with E-state index in [9.17, 15) is 0 Å². The molecule has 0 nitrogen and oxygen atoms in total. The molecule has 0 aliphatic rings. The zero-order valence-electron chi connectivity index (χ0n) is 9.74. The number of hydrogen-bond donors (Lipinski definition) is 0. The van der Waals surface area contributed by atoms with Gasteiger partial charge in [0.2, 0.25) is 0 Å². The van der Waals surface area contributed by atoms with Crippen molar-refractivity contribution >= 4 is 57.0 Å². The van der Waals surface area contributed by atoms with Crippen molar-refractivity contribution < 1.29 is 0 Å². The minimum atomic E-state index is 0.258. The van der Waals surface area contributed by atoms with Crippen molar-refractivity contribution in [3.63, 3.8) is 0 Å². The van der Waals surface area contributed by atoms with E-state index in [0.29, 0.717) is 7.30 Å². The van der Waals surface area contributed by atoms with Gasteiger partial charge in [0.05, 0.1) is 0 Å². The van der Waals surface area contributed by atoms with E-state index in [1.165, 1.54) is 32.1 Å². The van der Waals surface area contributed by atoms with Gasteiger partial charge in [-0.25, -0.2) is 0 Å². The Morgan fingerprint density at radius 3 is 2.27 bits per heavy atom.